The maximum Gasteiger partial charge on any atom is 0.243 e. The minimum Gasteiger partial charge on any atom is -0.237 e. The first-order valence-corrected chi connectivity index (χ1v) is 14.8. The van der Waals surface area contributed by atoms with Crippen LogP contribution in [0.25, 0.3) is 0 Å². The van der Waals surface area contributed by atoms with Crippen LogP contribution in [0.15, 0.2) is 18.7 Å². The molecule has 0 spiro atoms. The van der Waals surface area contributed by atoms with Crippen molar-refractivity contribution < 1.29 is 4.57 Å². The number of imidazole rings is 1. The van der Waals surface area contributed by atoms with E-state index < -0.39 is 0 Å². The summed E-state index contributed by atoms with van der Waals surface area (Å²) in [5.41, 5.74) is 0. The van der Waals surface area contributed by atoms with Gasteiger partial charge in [0.2, 0.25) is 6.33 Å². The van der Waals surface area contributed by atoms with Crippen LogP contribution >= 0.6 is 0 Å². The molecule has 0 aromatic carbocycles. The van der Waals surface area contributed by atoms with Crippen LogP contribution in [0, 0.1) is 0 Å². The third kappa shape index (κ3) is 16.8. The van der Waals surface area contributed by atoms with Crippen molar-refractivity contribution in [3.63, 3.8) is 0 Å². The van der Waals surface area contributed by atoms with Crippen LogP contribution in [0.1, 0.15) is 168 Å². The van der Waals surface area contributed by atoms with Gasteiger partial charge in [0.1, 0.15) is 12.4 Å². The highest BCUT2D eigenvalue weighted by molar-refractivity contribution is 4.72. The second-order valence-corrected chi connectivity index (χ2v) is 10.5. The number of hydrogen-bond donors (Lipinski definition) is 0. The molecule has 188 valence electrons. The average Bonchev–Trinajstić information content (AvgIpc) is 3.27. The Morgan fingerprint density at radius 3 is 1.44 bits per heavy atom. The summed E-state index contributed by atoms with van der Waals surface area (Å²) in [6.45, 7) is 8.18. The zero-order valence-electron chi connectivity index (χ0n) is 22.5. The van der Waals surface area contributed by atoms with Crippen LogP contribution in [-0.4, -0.2) is 4.57 Å². The summed E-state index contributed by atoms with van der Waals surface area (Å²) in [5, 5.41) is 0. The Bertz CT molecular complexity index is 493. The Morgan fingerprint density at radius 2 is 0.969 bits per heavy atom. The lowest BCUT2D eigenvalue weighted by Crippen LogP contribution is -2.31. The van der Waals surface area contributed by atoms with Crippen molar-refractivity contribution in [1.29, 1.82) is 0 Å². The van der Waals surface area contributed by atoms with Crippen LogP contribution in [0.5, 0.6) is 0 Å². The Labute approximate surface area is 202 Å². The molecule has 1 rings (SSSR count). The van der Waals surface area contributed by atoms with E-state index in [1.165, 1.54) is 148 Å². The van der Waals surface area contributed by atoms with Gasteiger partial charge in [0.15, 0.2) is 0 Å². The molecule has 2 nitrogen and oxygen atoms in total. The van der Waals surface area contributed by atoms with Gasteiger partial charge in [-0.3, -0.25) is 0 Å². The fourth-order valence-corrected chi connectivity index (χ4v) is 4.84. The summed E-state index contributed by atoms with van der Waals surface area (Å²) in [7, 11) is 0. The molecule has 1 atom stereocenters. The quantitative estimate of drug-likeness (QED) is 0.110. The minimum atomic E-state index is 0.641. The largest absolute Gasteiger partial charge is 0.243 e. The van der Waals surface area contributed by atoms with Crippen LogP contribution < -0.4 is 4.57 Å². The van der Waals surface area contributed by atoms with Gasteiger partial charge in [-0.25, -0.2) is 9.13 Å². The van der Waals surface area contributed by atoms with E-state index in [2.05, 4.69) is 48.6 Å². The smallest absolute Gasteiger partial charge is 0.237 e. The van der Waals surface area contributed by atoms with E-state index >= 15 is 0 Å². The molecular weight excluding hydrogens is 388 g/mol. The first kappa shape index (κ1) is 29.2. The van der Waals surface area contributed by atoms with Gasteiger partial charge in [0, 0.05) is 0 Å². The highest BCUT2D eigenvalue weighted by Crippen LogP contribution is 2.17. The van der Waals surface area contributed by atoms with Crippen molar-refractivity contribution in [3.05, 3.63) is 18.7 Å². The number of nitrogens with zero attached hydrogens (tertiary/aromatic N) is 2. The molecule has 0 amide bonds. The van der Waals surface area contributed by atoms with E-state index in [9.17, 15) is 0 Å². The van der Waals surface area contributed by atoms with Gasteiger partial charge in [-0.05, 0) is 32.6 Å². The summed E-state index contributed by atoms with van der Waals surface area (Å²) in [4.78, 5) is 0. The van der Waals surface area contributed by atoms with Gasteiger partial charge in [0.05, 0.1) is 12.6 Å². The van der Waals surface area contributed by atoms with Crippen molar-refractivity contribution in [2.24, 2.45) is 0 Å². The maximum atomic E-state index is 2.44. The van der Waals surface area contributed by atoms with E-state index in [4.69, 9.17) is 0 Å². The van der Waals surface area contributed by atoms with Crippen LogP contribution in [0.3, 0.4) is 0 Å². The first-order chi connectivity index (χ1) is 15.8. The van der Waals surface area contributed by atoms with Crippen molar-refractivity contribution >= 4 is 0 Å². The molecule has 0 saturated heterocycles. The van der Waals surface area contributed by atoms with E-state index in [0.29, 0.717) is 6.04 Å². The first-order valence-electron chi connectivity index (χ1n) is 14.8. The Hall–Kier alpha value is -0.790. The predicted molar refractivity (Wildman–Crippen MR) is 142 cm³/mol. The zero-order valence-corrected chi connectivity index (χ0v) is 22.5. The third-order valence-corrected chi connectivity index (χ3v) is 7.22. The molecule has 0 aliphatic heterocycles. The molecule has 32 heavy (non-hydrogen) atoms. The van der Waals surface area contributed by atoms with E-state index in [0.717, 1.165) is 0 Å². The summed E-state index contributed by atoms with van der Waals surface area (Å²) < 4.78 is 4.84. The van der Waals surface area contributed by atoms with Gasteiger partial charge in [-0.15, -0.1) is 0 Å². The Balaban J connectivity index is 1.94. The van der Waals surface area contributed by atoms with Crippen LogP contribution in [0.4, 0.5) is 0 Å². The highest BCUT2D eigenvalue weighted by Gasteiger charge is 2.11. The topological polar surface area (TPSA) is 8.81 Å². The van der Waals surface area contributed by atoms with Crippen molar-refractivity contribution in [1.82, 2.24) is 4.57 Å². The van der Waals surface area contributed by atoms with E-state index in [-0.39, 0.29) is 0 Å². The fourth-order valence-electron chi connectivity index (χ4n) is 4.84. The van der Waals surface area contributed by atoms with Gasteiger partial charge >= 0.3 is 0 Å². The number of unbranched alkanes of at least 4 members (excludes halogenated alkanes) is 19. The summed E-state index contributed by atoms with van der Waals surface area (Å²) in [5.74, 6) is 0. The average molecular weight is 448 g/mol. The van der Waals surface area contributed by atoms with E-state index in [1.807, 2.05) is 0 Å². The molecule has 1 aromatic rings. The standard InChI is InChI=1S/C30H59N2/c1-4-6-8-10-12-14-16-18-20-22-24-26-31-27-28-32(29-31)30(3)25-23-21-19-17-15-13-11-9-7-5-2/h27-30H,4-26H2,1-3H3/q+1. The molecule has 1 unspecified atom stereocenters. The molecule has 0 bridgehead atoms. The molecule has 0 fully saturated rings. The number of aromatic nitrogens is 2. The molecular formula is C30H59N2+. The second-order valence-electron chi connectivity index (χ2n) is 10.5. The van der Waals surface area contributed by atoms with Crippen molar-refractivity contribution in [3.8, 4) is 0 Å². The van der Waals surface area contributed by atoms with Crippen LogP contribution in [-0.2, 0) is 6.54 Å². The summed E-state index contributed by atoms with van der Waals surface area (Å²) >= 11 is 0. The lowest BCUT2D eigenvalue weighted by Gasteiger charge is -2.08. The minimum absolute atomic E-state index is 0.641. The van der Waals surface area contributed by atoms with Crippen LogP contribution in [0.2, 0.25) is 0 Å². The second kappa shape index (κ2) is 22.0. The Kier molecular flexibility index (Phi) is 20.1. The fraction of sp³-hybridized carbons (Fsp3) is 0.900. The normalized spacial score (nSPS) is 12.5. The summed E-state index contributed by atoms with van der Waals surface area (Å²) in [6, 6.07) is 0.641. The van der Waals surface area contributed by atoms with Gasteiger partial charge in [0.25, 0.3) is 0 Å². The van der Waals surface area contributed by atoms with Gasteiger partial charge in [-0.2, -0.15) is 0 Å². The predicted octanol–water partition coefficient (Wildman–Crippen LogP) is 9.96. The lowest BCUT2D eigenvalue weighted by molar-refractivity contribution is -0.697. The highest BCUT2D eigenvalue weighted by atomic mass is 15.1. The molecule has 0 aliphatic carbocycles. The van der Waals surface area contributed by atoms with Crippen molar-refractivity contribution in [2.75, 3.05) is 0 Å². The maximum absolute atomic E-state index is 2.44. The van der Waals surface area contributed by atoms with E-state index in [1.54, 1.807) is 0 Å². The molecule has 0 N–H and O–H groups in total. The van der Waals surface area contributed by atoms with Crippen molar-refractivity contribution in [2.45, 2.75) is 175 Å². The summed E-state index contributed by atoms with van der Waals surface area (Å²) in [6.07, 6.45) is 38.2. The number of aryl methyl sites for hydroxylation is 1. The zero-order chi connectivity index (χ0) is 23.1. The number of rotatable bonds is 24. The molecule has 1 aromatic heterocycles. The lowest BCUT2D eigenvalue weighted by atomic mass is 10.0. The van der Waals surface area contributed by atoms with Gasteiger partial charge < -0.3 is 0 Å². The molecule has 0 saturated carbocycles. The van der Waals surface area contributed by atoms with Gasteiger partial charge in [-0.1, -0.05) is 129 Å². The Morgan fingerprint density at radius 1 is 0.562 bits per heavy atom. The monoisotopic (exact) mass is 447 g/mol. The SMILES string of the molecule is CCCCCCCCCCCCC[n+]1ccn(C(C)CCCCCCCCCCCC)c1. The molecule has 2 heteroatoms. The molecule has 0 aliphatic rings. The third-order valence-electron chi connectivity index (χ3n) is 7.22. The number of hydrogen-bond acceptors (Lipinski definition) is 0. The molecule has 1 heterocycles. The molecule has 0 radical (unpaired) electrons.